The minimum absolute atomic E-state index is 0.0199. The van der Waals surface area contributed by atoms with Crippen LogP contribution < -0.4 is 0 Å². The van der Waals surface area contributed by atoms with E-state index in [1.165, 1.54) is 6.42 Å². The van der Waals surface area contributed by atoms with E-state index in [2.05, 4.69) is 32.6 Å². The number of likely N-dealkylation sites (N-methyl/N-ethyl adjacent to an activating group) is 1. The molecule has 1 aromatic rings. The summed E-state index contributed by atoms with van der Waals surface area (Å²) in [5.74, 6) is 0.126. The van der Waals surface area contributed by atoms with E-state index in [0.29, 0.717) is 18.5 Å². The van der Waals surface area contributed by atoms with Crippen LogP contribution in [0.25, 0.3) is 0 Å². The summed E-state index contributed by atoms with van der Waals surface area (Å²) in [6, 6.07) is 10.7. The second-order valence-corrected chi connectivity index (χ2v) is 9.44. The molecule has 5 nitrogen and oxygen atoms in total. The fourth-order valence-corrected chi connectivity index (χ4v) is 4.77. The van der Waals surface area contributed by atoms with Gasteiger partial charge in [0, 0.05) is 52.2 Å². The Hall–Kier alpha value is -1.88. The van der Waals surface area contributed by atoms with E-state index in [0.717, 1.165) is 38.0 Å². The Morgan fingerprint density at radius 1 is 0.967 bits per heavy atom. The van der Waals surface area contributed by atoms with Crippen molar-refractivity contribution in [3.63, 3.8) is 0 Å². The van der Waals surface area contributed by atoms with E-state index in [1.54, 1.807) is 19.0 Å². The number of hydrogen-bond acceptors (Lipinski definition) is 3. The summed E-state index contributed by atoms with van der Waals surface area (Å²) in [7, 11) is 3.60. The van der Waals surface area contributed by atoms with Crippen LogP contribution in [0.5, 0.6) is 0 Å². The summed E-state index contributed by atoms with van der Waals surface area (Å²) in [4.78, 5) is 33.1. The lowest BCUT2D eigenvalue weighted by molar-refractivity contribution is -0.142. The molecular weight excluding hydrogens is 374 g/mol. The average Bonchev–Trinajstić information content (AvgIpc) is 2.73. The lowest BCUT2D eigenvalue weighted by Gasteiger charge is -2.40. The molecule has 2 rings (SSSR count). The van der Waals surface area contributed by atoms with Crippen LogP contribution in [0.15, 0.2) is 30.3 Å². The van der Waals surface area contributed by atoms with Gasteiger partial charge in [-0.2, -0.15) is 0 Å². The number of carbonyl (C=O) groups is 2. The Morgan fingerprint density at radius 3 is 2.03 bits per heavy atom. The molecule has 30 heavy (non-hydrogen) atoms. The zero-order chi connectivity index (χ0) is 22.3. The van der Waals surface area contributed by atoms with Crippen molar-refractivity contribution < 1.29 is 9.59 Å². The maximum absolute atomic E-state index is 13.7. The zero-order valence-electron chi connectivity index (χ0n) is 19.9. The van der Waals surface area contributed by atoms with Crippen LogP contribution in [0.2, 0.25) is 0 Å². The van der Waals surface area contributed by atoms with Gasteiger partial charge in [0.05, 0.1) is 5.41 Å². The molecule has 1 unspecified atom stereocenters. The Balaban J connectivity index is 2.43. The van der Waals surface area contributed by atoms with Gasteiger partial charge >= 0.3 is 0 Å². The van der Waals surface area contributed by atoms with Crippen LogP contribution in [0, 0.1) is 0 Å². The fourth-order valence-electron chi connectivity index (χ4n) is 4.77. The number of carbonyl (C=O) groups excluding carboxylic acids is 2. The third-order valence-corrected chi connectivity index (χ3v) is 6.43. The van der Waals surface area contributed by atoms with Crippen molar-refractivity contribution in [3.8, 4) is 0 Å². The van der Waals surface area contributed by atoms with E-state index in [4.69, 9.17) is 0 Å². The first-order valence-corrected chi connectivity index (χ1v) is 11.5. The van der Waals surface area contributed by atoms with Crippen LogP contribution in [0.1, 0.15) is 65.4 Å². The number of rotatable bonds is 9. The first-order chi connectivity index (χ1) is 14.2. The SMILES string of the molecule is CC(C)N(CCC(CC(=O)N1CCCCC1)(C(=O)N(C)C)c1ccccc1)C(C)C. The Labute approximate surface area is 183 Å². The first-order valence-electron chi connectivity index (χ1n) is 11.5. The van der Waals surface area contributed by atoms with Crippen LogP contribution in [0.4, 0.5) is 0 Å². The van der Waals surface area contributed by atoms with Crippen molar-refractivity contribution in [2.45, 2.75) is 77.3 Å². The molecular formula is C25H41N3O2. The second-order valence-electron chi connectivity index (χ2n) is 9.44. The molecule has 1 aromatic carbocycles. The molecule has 0 saturated carbocycles. The molecule has 1 atom stereocenters. The van der Waals surface area contributed by atoms with Gasteiger partial charge in [-0.3, -0.25) is 14.5 Å². The van der Waals surface area contributed by atoms with Gasteiger partial charge < -0.3 is 9.80 Å². The Bertz CT molecular complexity index is 673. The maximum atomic E-state index is 13.7. The summed E-state index contributed by atoms with van der Waals surface area (Å²) in [5, 5.41) is 0. The molecule has 1 saturated heterocycles. The average molecular weight is 416 g/mol. The maximum Gasteiger partial charge on any atom is 0.233 e. The van der Waals surface area contributed by atoms with Crippen molar-refractivity contribution in [3.05, 3.63) is 35.9 Å². The summed E-state index contributed by atoms with van der Waals surface area (Å²) in [5.41, 5.74) is 0.0999. The lowest BCUT2D eigenvalue weighted by Crippen LogP contribution is -2.51. The van der Waals surface area contributed by atoms with E-state index >= 15 is 0 Å². The summed E-state index contributed by atoms with van der Waals surface area (Å²) in [6.45, 7) is 11.2. The highest BCUT2D eigenvalue weighted by Crippen LogP contribution is 2.36. The van der Waals surface area contributed by atoms with Gasteiger partial charge in [0.15, 0.2) is 0 Å². The fraction of sp³-hybridized carbons (Fsp3) is 0.680. The van der Waals surface area contributed by atoms with Crippen molar-refractivity contribution in [2.24, 2.45) is 0 Å². The molecule has 1 aliphatic heterocycles. The van der Waals surface area contributed by atoms with Gasteiger partial charge in [-0.25, -0.2) is 0 Å². The van der Waals surface area contributed by atoms with Gasteiger partial charge in [0.1, 0.15) is 0 Å². The van der Waals surface area contributed by atoms with Gasteiger partial charge in [0.2, 0.25) is 11.8 Å². The minimum atomic E-state index is -0.846. The Morgan fingerprint density at radius 2 is 1.53 bits per heavy atom. The van der Waals surface area contributed by atoms with Crippen molar-refractivity contribution >= 4 is 11.8 Å². The van der Waals surface area contributed by atoms with Gasteiger partial charge in [-0.1, -0.05) is 30.3 Å². The predicted molar refractivity (Wildman–Crippen MR) is 123 cm³/mol. The molecule has 5 heteroatoms. The number of hydrogen-bond donors (Lipinski definition) is 0. The number of benzene rings is 1. The number of amides is 2. The highest BCUT2D eigenvalue weighted by atomic mass is 16.2. The van der Waals surface area contributed by atoms with Crippen molar-refractivity contribution in [1.29, 1.82) is 0 Å². The minimum Gasteiger partial charge on any atom is -0.348 e. The molecule has 0 spiro atoms. The van der Waals surface area contributed by atoms with E-state index in [1.807, 2.05) is 35.2 Å². The number of likely N-dealkylation sites (tertiary alicyclic amines) is 1. The topological polar surface area (TPSA) is 43.9 Å². The van der Waals surface area contributed by atoms with Crippen molar-refractivity contribution in [2.75, 3.05) is 33.7 Å². The smallest absolute Gasteiger partial charge is 0.233 e. The van der Waals surface area contributed by atoms with Gasteiger partial charge in [-0.05, 0) is 58.9 Å². The molecule has 0 aromatic heterocycles. The molecule has 168 valence electrons. The lowest BCUT2D eigenvalue weighted by atomic mass is 9.72. The predicted octanol–water partition coefficient (Wildman–Crippen LogP) is 3.92. The highest BCUT2D eigenvalue weighted by Gasteiger charge is 2.44. The third-order valence-electron chi connectivity index (χ3n) is 6.43. The number of nitrogens with zero attached hydrogens (tertiary/aromatic N) is 3. The van der Waals surface area contributed by atoms with Crippen LogP contribution in [-0.4, -0.2) is 72.3 Å². The Kier molecular flexibility index (Phi) is 8.90. The molecule has 1 fully saturated rings. The highest BCUT2D eigenvalue weighted by molar-refractivity contribution is 5.93. The summed E-state index contributed by atoms with van der Waals surface area (Å²) >= 11 is 0. The molecule has 2 amide bonds. The quantitative estimate of drug-likeness (QED) is 0.614. The van der Waals surface area contributed by atoms with Gasteiger partial charge in [0.25, 0.3) is 0 Å². The largest absolute Gasteiger partial charge is 0.348 e. The van der Waals surface area contributed by atoms with Gasteiger partial charge in [-0.15, -0.1) is 0 Å². The van der Waals surface area contributed by atoms with Crippen LogP contribution in [-0.2, 0) is 15.0 Å². The van der Waals surface area contributed by atoms with Crippen molar-refractivity contribution in [1.82, 2.24) is 14.7 Å². The second kappa shape index (κ2) is 10.9. The third kappa shape index (κ3) is 5.84. The zero-order valence-corrected chi connectivity index (χ0v) is 19.9. The molecule has 0 N–H and O–H groups in total. The van der Waals surface area contributed by atoms with E-state index in [-0.39, 0.29) is 18.2 Å². The normalized spacial score (nSPS) is 16.8. The van der Waals surface area contributed by atoms with E-state index < -0.39 is 5.41 Å². The molecule has 0 bridgehead atoms. The molecule has 0 aliphatic carbocycles. The monoisotopic (exact) mass is 415 g/mol. The first kappa shape index (κ1) is 24.4. The number of piperidine rings is 1. The molecule has 1 heterocycles. The standard InChI is InChI=1S/C25H41N3O2/c1-20(2)28(21(3)4)18-15-25(24(30)26(5)6,22-13-9-7-10-14-22)19-23(29)27-16-11-8-12-17-27/h7,9-10,13-14,20-21H,8,11-12,15-19H2,1-6H3. The van der Waals surface area contributed by atoms with Crippen LogP contribution in [0.3, 0.4) is 0 Å². The molecule has 1 aliphatic rings. The van der Waals surface area contributed by atoms with E-state index in [9.17, 15) is 9.59 Å². The molecule has 0 radical (unpaired) electrons. The van der Waals surface area contributed by atoms with Crippen LogP contribution >= 0.6 is 0 Å². The summed E-state index contributed by atoms with van der Waals surface area (Å²) in [6.07, 6.45) is 4.16. The summed E-state index contributed by atoms with van der Waals surface area (Å²) < 4.78 is 0.